The summed E-state index contributed by atoms with van der Waals surface area (Å²) in [5, 5.41) is 15.6. The summed E-state index contributed by atoms with van der Waals surface area (Å²) >= 11 is 1.61. The molecule has 2 aromatic carbocycles. The van der Waals surface area contributed by atoms with Crippen LogP contribution in [0.15, 0.2) is 54.9 Å². The Morgan fingerprint density at radius 1 is 1.11 bits per heavy atom. The van der Waals surface area contributed by atoms with Crippen molar-refractivity contribution in [2.75, 3.05) is 23.0 Å². The van der Waals surface area contributed by atoms with E-state index in [9.17, 15) is 4.79 Å². The van der Waals surface area contributed by atoms with Gasteiger partial charge in [-0.2, -0.15) is 5.26 Å². The normalized spacial score (nSPS) is 11.8. The van der Waals surface area contributed by atoms with E-state index < -0.39 is 14.3 Å². The van der Waals surface area contributed by atoms with Crippen molar-refractivity contribution in [2.24, 2.45) is 0 Å². The molecule has 196 valence electrons. The molecule has 0 aliphatic rings. The molecule has 0 radical (unpaired) electrons. The van der Waals surface area contributed by atoms with Crippen molar-refractivity contribution in [3.63, 3.8) is 0 Å². The molecule has 0 saturated carbocycles. The SMILES string of the molecule is CC(C)(C)[Si](C)(C)OCCc1sc2ncnc(N)c2c1-c1ccc(NC(=O)Nc2cccc(C#N)c2)cc1. The van der Waals surface area contributed by atoms with Crippen molar-refractivity contribution in [3.8, 4) is 17.2 Å². The van der Waals surface area contributed by atoms with Crippen molar-refractivity contribution in [1.29, 1.82) is 5.26 Å². The van der Waals surface area contributed by atoms with Gasteiger partial charge in [0.1, 0.15) is 17.0 Å². The van der Waals surface area contributed by atoms with Crippen LogP contribution in [-0.4, -0.2) is 30.9 Å². The molecule has 0 atom stereocenters. The Balaban J connectivity index is 1.55. The number of nitrogens with two attached hydrogens (primary N) is 1. The first-order valence-electron chi connectivity index (χ1n) is 12.3. The molecule has 4 N–H and O–H groups in total. The highest BCUT2D eigenvalue weighted by molar-refractivity contribution is 7.19. The molecule has 10 heteroatoms. The summed E-state index contributed by atoms with van der Waals surface area (Å²) in [7, 11) is -1.87. The van der Waals surface area contributed by atoms with Crippen molar-refractivity contribution in [3.05, 3.63) is 65.3 Å². The third-order valence-electron chi connectivity index (χ3n) is 6.87. The fraction of sp³-hybridized carbons (Fsp3) is 0.286. The van der Waals surface area contributed by atoms with Gasteiger partial charge in [-0.25, -0.2) is 14.8 Å². The van der Waals surface area contributed by atoms with Crippen LogP contribution in [0.1, 0.15) is 31.2 Å². The van der Waals surface area contributed by atoms with Crippen molar-refractivity contribution in [2.45, 2.75) is 45.3 Å². The van der Waals surface area contributed by atoms with Crippen LogP contribution >= 0.6 is 11.3 Å². The number of nitrogens with zero attached hydrogens (tertiary/aromatic N) is 3. The van der Waals surface area contributed by atoms with Crippen LogP contribution in [0, 0.1) is 11.3 Å². The number of hydrogen-bond acceptors (Lipinski definition) is 7. The zero-order valence-electron chi connectivity index (χ0n) is 22.3. The van der Waals surface area contributed by atoms with E-state index in [-0.39, 0.29) is 5.04 Å². The number of fused-ring (bicyclic) bond motifs is 1. The Hall–Kier alpha value is -3.78. The van der Waals surface area contributed by atoms with Gasteiger partial charge >= 0.3 is 6.03 Å². The van der Waals surface area contributed by atoms with E-state index in [4.69, 9.17) is 15.4 Å². The highest BCUT2D eigenvalue weighted by atomic mass is 32.1. The molecular formula is C28H32N6O2SSi. The maximum Gasteiger partial charge on any atom is 0.323 e. The largest absolute Gasteiger partial charge is 0.416 e. The number of hydrogen-bond donors (Lipinski definition) is 3. The van der Waals surface area contributed by atoms with E-state index >= 15 is 0 Å². The number of urea groups is 1. The number of amides is 2. The molecular weight excluding hydrogens is 513 g/mol. The average molecular weight is 545 g/mol. The number of nitrogens with one attached hydrogen (secondary N) is 2. The van der Waals surface area contributed by atoms with E-state index in [2.05, 4.69) is 60.5 Å². The Labute approximate surface area is 228 Å². The van der Waals surface area contributed by atoms with Gasteiger partial charge < -0.3 is 20.8 Å². The summed E-state index contributed by atoms with van der Waals surface area (Å²) in [5.41, 5.74) is 9.92. The van der Waals surface area contributed by atoms with E-state index in [0.29, 0.717) is 29.4 Å². The number of rotatable bonds is 7. The topological polar surface area (TPSA) is 126 Å². The molecule has 2 heterocycles. The highest BCUT2D eigenvalue weighted by Crippen LogP contribution is 2.41. The number of aromatic nitrogens is 2. The second-order valence-electron chi connectivity index (χ2n) is 10.5. The monoisotopic (exact) mass is 544 g/mol. The minimum absolute atomic E-state index is 0.138. The molecule has 38 heavy (non-hydrogen) atoms. The molecule has 0 unspecified atom stereocenters. The number of thiophene rings is 1. The summed E-state index contributed by atoms with van der Waals surface area (Å²) in [4.78, 5) is 23.2. The van der Waals surface area contributed by atoms with Crippen molar-refractivity contribution < 1.29 is 9.22 Å². The number of nitriles is 1. The Morgan fingerprint density at radius 3 is 2.50 bits per heavy atom. The van der Waals surface area contributed by atoms with Crippen LogP contribution in [0.5, 0.6) is 0 Å². The summed E-state index contributed by atoms with van der Waals surface area (Å²) in [6.07, 6.45) is 2.23. The van der Waals surface area contributed by atoms with Gasteiger partial charge in [0.2, 0.25) is 0 Å². The fourth-order valence-electron chi connectivity index (χ4n) is 3.78. The van der Waals surface area contributed by atoms with Gasteiger partial charge in [0.05, 0.1) is 17.0 Å². The van der Waals surface area contributed by atoms with E-state index in [1.807, 2.05) is 24.3 Å². The number of carbonyl (C=O) groups excluding carboxylic acids is 1. The van der Waals surface area contributed by atoms with Crippen LogP contribution in [0.25, 0.3) is 21.3 Å². The van der Waals surface area contributed by atoms with Crippen molar-refractivity contribution in [1.82, 2.24) is 9.97 Å². The van der Waals surface area contributed by atoms with Gasteiger partial charge in [0.25, 0.3) is 0 Å². The lowest BCUT2D eigenvalue weighted by Gasteiger charge is -2.36. The third-order valence-corrected chi connectivity index (χ3v) is 12.6. The lowest BCUT2D eigenvalue weighted by molar-refractivity contribution is 0.262. The van der Waals surface area contributed by atoms with Crippen LogP contribution in [0.4, 0.5) is 22.0 Å². The van der Waals surface area contributed by atoms with Gasteiger partial charge in [0.15, 0.2) is 8.32 Å². The minimum Gasteiger partial charge on any atom is -0.416 e. The zero-order chi connectivity index (χ0) is 27.5. The van der Waals surface area contributed by atoms with E-state index in [0.717, 1.165) is 32.6 Å². The van der Waals surface area contributed by atoms with E-state index in [1.54, 1.807) is 35.6 Å². The fourth-order valence-corrected chi connectivity index (χ4v) is 5.97. The summed E-state index contributed by atoms with van der Waals surface area (Å²) < 4.78 is 6.45. The van der Waals surface area contributed by atoms with Crippen LogP contribution in [0.2, 0.25) is 18.1 Å². The number of carbonyl (C=O) groups is 1. The smallest absolute Gasteiger partial charge is 0.323 e. The lowest BCUT2D eigenvalue weighted by Crippen LogP contribution is -2.41. The summed E-state index contributed by atoms with van der Waals surface area (Å²) in [6.45, 7) is 11.8. The zero-order valence-corrected chi connectivity index (χ0v) is 24.1. The number of nitrogen functional groups attached to an aromatic ring is 1. The Morgan fingerprint density at radius 2 is 1.82 bits per heavy atom. The average Bonchev–Trinajstić information content (AvgIpc) is 3.23. The molecule has 0 fully saturated rings. The first-order chi connectivity index (χ1) is 18.0. The molecule has 4 rings (SSSR count). The highest BCUT2D eigenvalue weighted by Gasteiger charge is 2.37. The summed E-state index contributed by atoms with van der Waals surface area (Å²) in [6, 6.07) is 16.0. The van der Waals surface area contributed by atoms with E-state index in [1.165, 1.54) is 6.33 Å². The molecule has 4 aromatic rings. The predicted molar refractivity (Wildman–Crippen MR) is 158 cm³/mol. The first kappa shape index (κ1) is 27.3. The lowest BCUT2D eigenvalue weighted by atomic mass is 10.0. The Kier molecular flexibility index (Phi) is 7.83. The van der Waals surface area contributed by atoms with Crippen LogP contribution < -0.4 is 16.4 Å². The molecule has 0 aliphatic carbocycles. The summed E-state index contributed by atoms with van der Waals surface area (Å²) in [5.74, 6) is 0.444. The van der Waals surface area contributed by atoms with Crippen LogP contribution in [-0.2, 0) is 10.8 Å². The Bertz CT molecular complexity index is 1500. The van der Waals surface area contributed by atoms with Crippen LogP contribution in [0.3, 0.4) is 0 Å². The molecule has 0 aliphatic heterocycles. The maximum atomic E-state index is 12.5. The first-order valence-corrected chi connectivity index (χ1v) is 16.1. The number of anilines is 3. The maximum absolute atomic E-state index is 12.5. The second-order valence-corrected chi connectivity index (χ2v) is 16.4. The quantitative estimate of drug-likeness (QED) is 0.215. The van der Waals surface area contributed by atoms with Gasteiger partial charge in [-0.05, 0) is 54.0 Å². The third kappa shape index (κ3) is 6.02. The molecule has 0 saturated heterocycles. The molecule has 0 spiro atoms. The second kappa shape index (κ2) is 10.9. The van der Waals surface area contributed by atoms with Gasteiger partial charge in [-0.15, -0.1) is 11.3 Å². The molecule has 0 bridgehead atoms. The van der Waals surface area contributed by atoms with Gasteiger partial charge in [0, 0.05) is 34.8 Å². The van der Waals surface area contributed by atoms with Crippen molar-refractivity contribution >= 4 is 53.1 Å². The standard InChI is InChI=1S/C28H32N6O2SSi/c1-28(2,3)38(4,5)36-14-13-22-23(24-25(30)31-17-32-26(24)37-22)19-9-11-20(12-10-19)33-27(35)34-21-8-6-7-18(15-21)16-29/h6-12,15,17H,13-14H2,1-5H3,(H2,30,31,32)(H2,33,34,35). The minimum atomic E-state index is -1.87. The van der Waals surface area contributed by atoms with Gasteiger partial charge in [-0.1, -0.05) is 39.0 Å². The molecule has 2 amide bonds. The molecule has 2 aromatic heterocycles. The predicted octanol–water partition coefficient (Wildman–Crippen LogP) is 7.02. The number of benzene rings is 2. The molecule has 8 nitrogen and oxygen atoms in total. The van der Waals surface area contributed by atoms with Gasteiger partial charge in [-0.3, -0.25) is 0 Å².